The highest BCUT2D eigenvalue weighted by molar-refractivity contribution is 7.89. The summed E-state index contributed by atoms with van der Waals surface area (Å²) in [6.07, 6.45) is 0.930. The van der Waals surface area contributed by atoms with E-state index in [1.807, 2.05) is 29.2 Å². The first-order valence-corrected chi connectivity index (χ1v) is 10.4. The van der Waals surface area contributed by atoms with Crippen molar-refractivity contribution < 1.29 is 17.6 Å². The van der Waals surface area contributed by atoms with Gasteiger partial charge in [0.05, 0.1) is 11.4 Å². The van der Waals surface area contributed by atoms with Crippen LogP contribution in [0.3, 0.4) is 0 Å². The van der Waals surface area contributed by atoms with Crippen LogP contribution in [0, 0.1) is 5.82 Å². The summed E-state index contributed by atoms with van der Waals surface area (Å²) in [6, 6.07) is 12.5. The molecule has 3 rings (SSSR count). The Morgan fingerprint density at radius 3 is 2.11 bits per heavy atom. The van der Waals surface area contributed by atoms with Gasteiger partial charge in [-0.3, -0.25) is 9.69 Å². The molecule has 1 saturated heterocycles. The van der Waals surface area contributed by atoms with Crippen LogP contribution in [0.4, 0.5) is 4.39 Å². The van der Waals surface area contributed by atoms with E-state index in [-0.39, 0.29) is 17.2 Å². The summed E-state index contributed by atoms with van der Waals surface area (Å²) < 4.78 is 39.7. The van der Waals surface area contributed by atoms with Gasteiger partial charge in [0.1, 0.15) is 5.82 Å². The summed E-state index contributed by atoms with van der Waals surface area (Å²) in [6.45, 7) is 3.92. The lowest BCUT2D eigenvalue weighted by Gasteiger charge is -2.33. The molecule has 0 aliphatic carbocycles. The molecule has 7 heteroatoms. The van der Waals surface area contributed by atoms with E-state index in [0.29, 0.717) is 31.7 Å². The second kappa shape index (κ2) is 8.29. The maximum atomic E-state index is 13.0. The second-order valence-electron chi connectivity index (χ2n) is 6.61. The molecule has 0 spiro atoms. The average Bonchev–Trinajstić information content (AvgIpc) is 2.69. The van der Waals surface area contributed by atoms with Crippen molar-refractivity contribution >= 4 is 15.8 Å². The molecule has 0 unspecified atom stereocenters. The lowest BCUT2D eigenvalue weighted by molar-refractivity contribution is 0.0901. The lowest BCUT2D eigenvalue weighted by atomic mass is 10.1. The first-order chi connectivity index (χ1) is 12.9. The third-order valence-corrected chi connectivity index (χ3v) is 6.75. The van der Waals surface area contributed by atoms with Gasteiger partial charge in [-0.1, -0.05) is 31.2 Å². The van der Waals surface area contributed by atoms with Crippen molar-refractivity contribution in [2.24, 2.45) is 0 Å². The van der Waals surface area contributed by atoms with Crippen molar-refractivity contribution in [3.8, 4) is 0 Å². The number of aryl methyl sites for hydroxylation is 1. The number of piperazine rings is 1. The number of carbonyl (C=O) groups is 1. The lowest BCUT2D eigenvalue weighted by Crippen LogP contribution is -2.49. The molecule has 0 atom stereocenters. The smallest absolute Gasteiger partial charge is 0.243 e. The van der Waals surface area contributed by atoms with Crippen molar-refractivity contribution in [1.82, 2.24) is 9.21 Å². The summed E-state index contributed by atoms with van der Waals surface area (Å²) >= 11 is 0. The zero-order chi connectivity index (χ0) is 19.4. The molecule has 0 N–H and O–H groups in total. The van der Waals surface area contributed by atoms with Gasteiger partial charge in [-0.15, -0.1) is 0 Å². The number of nitrogens with zero attached hydrogens (tertiary/aromatic N) is 2. The molecular formula is C20H23FN2O3S. The average molecular weight is 390 g/mol. The van der Waals surface area contributed by atoms with Crippen molar-refractivity contribution in [2.75, 3.05) is 32.7 Å². The third kappa shape index (κ3) is 4.61. The number of hydrogen-bond acceptors (Lipinski definition) is 4. The van der Waals surface area contributed by atoms with Gasteiger partial charge in [-0.05, 0) is 36.2 Å². The molecule has 5 nitrogen and oxygen atoms in total. The van der Waals surface area contributed by atoms with Gasteiger partial charge >= 0.3 is 0 Å². The highest BCUT2D eigenvalue weighted by Crippen LogP contribution is 2.18. The molecule has 1 heterocycles. The minimum atomic E-state index is -3.64. The summed E-state index contributed by atoms with van der Waals surface area (Å²) in [5.74, 6) is -0.434. The third-order valence-electron chi connectivity index (χ3n) is 4.83. The van der Waals surface area contributed by atoms with E-state index in [4.69, 9.17) is 0 Å². The Labute approximate surface area is 159 Å². The minimum absolute atomic E-state index is 0.0347. The minimum Gasteiger partial charge on any atom is -0.293 e. The van der Waals surface area contributed by atoms with E-state index in [1.54, 1.807) is 0 Å². The van der Waals surface area contributed by atoms with Crippen LogP contribution in [-0.4, -0.2) is 56.1 Å². The number of sulfonamides is 1. The molecule has 1 aliphatic heterocycles. The van der Waals surface area contributed by atoms with Gasteiger partial charge in [-0.25, -0.2) is 12.8 Å². The first-order valence-electron chi connectivity index (χ1n) is 9.00. The maximum absolute atomic E-state index is 13.0. The van der Waals surface area contributed by atoms with Gasteiger partial charge in [0.25, 0.3) is 0 Å². The summed E-state index contributed by atoms with van der Waals surface area (Å²) in [7, 11) is -3.64. The molecule has 0 aromatic heterocycles. The number of halogens is 1. The van der Waals surface area contributed by atoms with Crippen LogP contribution in [0.2, 0.25) is 0 Å². The van der Waals surface area contributed by atoms with Gasteiger partial charge in [-0.2, -0.15) is 4.31 Å². The van der Waals surface area contributed by atoms with Crippen molar-refractivity contribution in [2.45, 2.75) is 18.2 Å². The van der Waals surface area contributed by atoms with Crippen LogP contribution in [0.5, 0.6) is 0 Å². The predicted molar refractivity (Wildman–Crippen MR) is 102 cm³/mol. The Morgan fingerprint density at radius 2 is 1.56 bits per heavy atom. The Bertz CT molecular complexity index is 888. The summed E-state index contributed by atoms with van der Waals surface area (Å²) in [5.41, 5.74) is 1.86. The summed E-state index contributed by atoms with van der Waals surface area (Å²) in [4.78, 5) is 14.5. The van der Waals surface area contributed by atoms with E-state index in [1.165, 1.54) is 22.0 Å². The highest BCUT2D eigenvalue weighted by atomic mass is 32.2. The zero-order valence-corrected chi connectivity index (χ0v) is 16.1. The molecule has 0 saturated carbocycles. The Kier molecular flexibility index (Phi) is 6.04. The van der Waals surface area contributed by atoms with Crippen molar-refractivity contribution in [3.63, 3.8) is 0 Å². The molecule has 144 valence electrons. The Balaban J connectivity index is 1.58. The summed E-state index contributed by atoms with van der Waals surface area (Å²) in [5, 5.41) is 0. The van der Waals surface area contributed by atoms with Crippen LogP contribution in [0.15, 0.2) is 53.4 Å². The van der Waals surface area contributed by atoms with E-state index >= 15 is 0 Å². The molecule has 0 radical (unpaired) electrons. The molecule has 0 bridgehead atoms. The maximum Gasteiger partial charge on any atom is 0.243 e. The number of rotatable bonds is 6. The largest absolute Gasteiger partial charge is 0.293 e. The predicted octanol–water partition coefficient (Wildman–Crippen LogP) is 2.58. The molecule has 0 amide bonds. The quantitative estimate of drug-likeness (QED) is 0.712. The van der Waals surface area contributed by atoms with Crippen molar-refractivity contribution in [1.29, 1.82) is 0 Å². The van der Waals surface area contributed by atoms with Gasteiger partial charge < -0.3 is 0 Å². The van der Waals surface area contributed by atoms with Crippen LogP contribution in [0.1, 0.15) is 22.8 Å². The number of carbonyl (C=O) groups excluding carboxylic acids is 1. The van der Waals surface area contributed by atoms with E-state index in [0.717, 1.165) is 18.6 Å². The molecule has 1 fully saturated rings. The number of ketones is 1. The van der Waals surface area contributed by atoms with E-state index in [9.17, 15) is 17.6 Å². The monoisotopic (exact) mass is 390 g/mol. The van der Waals surface area contributed by atoms with Crippen LogP contribution in [-0.2, 0) is 16.4 Å². The molecule has 2 aromatic carbocycles. The van der Waals surface area contributed by atoms with Crippen LogP contribution >= 0.6 is 0 Å². The number of Topliss-reactive ketones (excluding diaryl/α,β-unsaturated/α-hetero) is 1. The van der Waals surface area contributed by atoms with Crippen LogP contribution in [0.25, 0.3) is 0 Å². The van der Waals surface area contributed by atoms with Gasteiger partial charge in [0, 0.05) is 31.7 Å². The normalized spacial score (nSPS) is 16.4. The first kappa shape index (κ1) is 19.7. The van der Waals surface area contributed by atoms with E-state index < -0.39 is 15.8 Å². The van der Waals surface area contributed by atoms with Crippen molar-refractivity contribution in [3.05, 3.63) is 65.5 Å². The molecule has 27 heavy (non-hydrogen) atoms. The highest BCUT2D eigenvalue weighted by Gasteiger charge is 2.29. The van der Waals surface area contributed by atoms with Gasteiger partial charge in [0.15, 0.2) is 5.78 Å². The topological polar surface area (TPSA) is 57.7 Å². The van der Waals surface area contributed by atoms with Gasteiger partial charge in [0.2, 0.25) is 10.0 Å². The molecular weight excluding hydrogens is 367 g/mol. The molecule has 1 aliphatic rings. The van der Waals surface area contributed by atoms with E-state index in [2.05, 4.69) is 6.92 Å². The Hall–Kier alpha value is -2.09. The number of benzene rings is 2. The fourth-order valence-electron chi connectivity index (χ4n) is 3.10. The number of hydrogen-bond donors (Lipinski definition) is 0. The molecule has 2 aromatic rings. The second-order valence-corrected chi connectivity index (χ2v) is 8.55. The fraction of sp³-hybridized carbons (Fsp3) is 0.350. The zero-order valence-electron chi connectivity index (χ0n) is 15.3. The van der Waals surface area contributed by atoms with Crippen LogP contribution < -0.4 is 0 Å². The SMILES string of the molecule is CCc1ccc(C(=O)CN2CCN(S(=O)(=O)c3ccc(F)cc3)CC2)cc1. The standard InChI is InChI=1S/C20H23FN2O3S/c1-2-16-3-5-17(6-4-16)20(24)15-22-11-13-23(14-12-22)27(25,26)19-9-7-18(21)8-10-19/h3-10H,2,11-15H2,1H3. The Morgan fingerprint density at radius 1 is 0.963 bits per heavy atom. The fourth-order valence-corrected chi connectivity index (χ4v) is 4.53.